The number of carbonyl (C=O) groups excluding carboxylic acids is 1. The molecule has 1 aliphatic carbocycles. The number of hydrogen-bond acceptors (Lipinski definition) is 4. The molecule has 148 valence electrons. The number of carbonyl (C=O) groups is 1. The molecule has 1 N–H and O–H groups in total. The largest absolute Gasteiger partial charge is 0.381 e. The second kappa shape index (κ2) is 9.09. The normalized spacial score (nSPS) is 18.6. The molecule has 1 saturated carbocycles. The molecule has 5 nitrogen and oxygen atoms in total. The summed E-state index contributed by atoms with van der Waals surface area (Å²) in [5.41, 5.74) is 2.79. The highest BCUT2D eigenvalue weighted by molar-refractivity contribution is 5.92. The van der Waals surface area contributed by atoms with Crippen molar-refractivity contribution in [3.63, 3.8) is 0 Å². The van der Waals surface area contributed by atoms with Gasteiger partial charge in [0.15, 0.2) is 0 Å². The molecule has 0 spiro atoms. The molecular weight excluding hydrogens is 348 g/mol. The number of nitrogens with zero attached hydrogens (tertiary/aromatic N) is 3. The van der Waals surface area contributed by atoms with Crippen LogP contribution in [0.4, 0.5) is 11.4 Å². The van der Waals surface area contributed by atoms with E-state index in [9.17, 15) is 4.79 Å². The number of anilines is 2. The lowest BCUT2D eigenvalue weighted by atomic mass is 10.1. The lowest BCUT2D eigenvalue weighted by molar-refractivity contribution is 0.0741. The maximum Gasteiger partial charge on any atom is 0.272 e. The van der Waals surface area contributed by atoms with Gasteiger partial charge in [-0.05, 0) is 37.1 Å². The van der Waals surface area contributed by atoms with Crippen LogP contribution < -0.4 is 10.2 Å². The first-order valence-electron chi connectivity index (χ1n) is 10.6. The first kappa shape index (κ1) is 18.8. The molecule has 2 aromatic rings. The van der Waals surface area contributed by atoms with Crippen LogP contribution >= 0.6 is 0 Å². The summed E-state index contributed by atoms with van der Waals surface area (Å²) in [5.74, 6) is 0.0359. The fraction of sp³-hybridized carbons (Fsp3) is 0.478. The minimum atomic E-state index is 0.0359. The fourth-order valence-corrected chi connectivity index (χ4v) is 4.23. The van der Waals surface area contributed by atoms with Crippen LogP contribution in [-0.4, -0.2) is 48.0 Å². The summed E-state index contributed by atoms with van der Waals surface area (Å²) in [4.78, 5) is 21.5. The van der Waals surface area contributed by atoms with E-state index >= 15 is 0 Å². The van der Waals surface area contributed by atoms with Gasteiger partial charge in [0, 0.05) is 37.9 Å². The van der Waals surface area contributed by atoms with Crippen molar-refractivity contribution in [3.05, 3.63) is 54.4 Å². The zero-order valence-corrected chi connectivity index (χ0v) is 16.5. The van der Waals surface area contributed by atoms with E-state index in [1.165, 1.54) is 44.2 Å². The number of pyridine rings is 1. The predicted molar refractivity (Wildman–Crippen MR) is 114 cm³/mol. The third-order valence-electron chi connectivity index (χ3n) is 5.90. The van der Waals surface area contributed by atoms with E-state index in [0.29, 0.717) is 11.7 Å². The van der Waals surface area contributed by atoms with Crippen LogP contribution in [0, 0.1) is 0 Å². The molecule has 1 aliphatic heterocycles. The van der Waals surface area contributed by atoms with Gasteiger partial charge in [0.1, 0.15) is 5.69 Å². The molecule has 0 unspecified atom stereocenters. The van der Waals surface area contributed by atoms with E-state index in [4.69, 9.17) is 0 Å². The van der Waals surface area contributed by atoms with Gasteiger partial charge in [-0.1, -0.05) is 43.9 Å². The Hall–Kier alpha value is -2.56. The third-order valence-corrected chi connectivity index (χ3v) is 5.90. The SMILES string of the molecule is O=C(c1ccc(NC2CCCCCC2)cn1)N1CCN(c2ccccc2)CC1. The lowest BCUT2D eigenvalue weighted by Crippen LogP contribution is -2.49. The van der Waals surface area contributed by atoms with Gasteiger partial charge in [-0.2, -0.15) is 0 Å². The molecule has 1 aromatic carbocycles. The second-order valence-corrected chi connectivity index (χ2v) is 7.88. The minimum absolute atomic E-state index is 0.0359. The van der Waals surface area contributed by atoms with Crippen molar-refractivity contribution in [2.45, 2.75) is 44.6 Å². The van der Waals surface area contributed by atoms with Gasteiger partial charge < -0.3 is 15.1 Å². The molecule has 28 heavy (non-hydrogen) atoms. The van der Waals surface area contributed by atoms with Crippen molar-refractivity contribution in [2.75, 3.05) is 36.4 Å². The number of hydrogen-bond donors (Lipinski definition) is 1. The molecular formula is C23H30N4O. The van der Waals surface area contributed by atoms with Crippen LogP contribution in [-0.2, 0) is 0 Å². The van der Waals surface area contributed by atoms with E-state index in [1.807, 2.05) is 29.3 Å². The molecule has 2 fully saturated rings. The minimum Gasteiger partial charge on any atom is -0.381 e. The van der Waals surface area contributed by atoms with E-state index in [0.717, 1.165) is 31.9 Å². The predicted octanol–water partition coefficient (Wildman–Crippen LogP) is 4.18. The third kappa shape index (κ3) is 4.64. The quantitative estimate of drug-likeness (QED) is 0.811. The van der Waals surface area contributed by atoms with Gasteiger partial charge in [0.2, 0.25) is 0 Å². The van der Waals surface area contributed by atoms with Crippen molar-refractivity contribution in [3.8, 4) is 0 Å². The van der Waals surface area contributed by atoms with Crippen molar-refractivity contribution >= 4 is 17.3 Å². The molecule has 1 saturated heterocycles. The average Bonchev–Trinajstić information content (AvgIpc) is 3.03. The Labute approximate surface area is 167 Å². The van der Waals surface area contributed by atoms with E-state index < -0.39 is 0 Å². The Bertz CT molecular complexity index is 746. The highest BCUT2D eigenvalue weighted by Crippen LogP contribution is 2.21. The summed E-state index contributed by atoms with van der Waals surface area (Å²) in [7, 11) is 0. The van der Waals surface area contributed by atoms with Crippen LogP contribution in [0.1, 0.15) is 49.0 Å². The van der Waals surface area contributed by atoms with Gasteiger partial charge in [0.05, 0.1) is 11.9 Å². The van der Waals surface area contributed by atoms with E-state index in [2.05, 4.69) is 39.5 Å². The zero-order valence-electron chi connectivity index (χ0n) is 16.5. The van der Waals surface area contributed by atoms with Crippen LogP contribution in [0.5, 0.6) is 0 Å². The molecule has 2 aliphatic rings. The smallest absolute Gasteiger partial charge is 0.272 e. The molecule has 0 radical (unpaired) electrons. The summed E-state index contributed by atoms with van der Waals surface area (Å²) in [6.07, 6.45) is 9.58. The molecule has 1 aromatic heterocycles. The van der Waals surface area contributed by atoms with Crippen LogP contribution in [0.3, 0.4) is 0 Å². The highest BCUT2D eigenvalue weighted by Gasteiger charge is 2.23. The number of para-hydroxylation sites is 1. The monoisotopic (exact) mass is 378 g/mol. The van der Waals surface area contributed by atoms with Crippen molar-refractivity contribution in [1.29, 1.82) is 0 Å². The zero-order chi connectivity index (χ0) is 19.2. The fourth-order valence-electron chi connectivity index (χ4n) is 4.23. The van der Waals surface area contributed by atoms with E-state index in [-0.39, 0.29) is 5.91 Å². The van der Waals surface area contributed by atoms with Crippen molar-refractivity contribution in [2.24, 2.45) is 0 Å². The maximum absolute atomic E-state index is 12.8. The summed E-state index contributed by atoms with van der Waals surface area (Å²) in [6.45, 7) is 3.18. The standard InChI is InChI=1S/C23H30N4O/c28-23(27-16-14-26(15-17-27)21-10-6-3-7-11-21)22-13-12-20(18-24-22)25-19-8-4-1-2-5-9-19/h3,6-7,10-13,18-19,25H,1-2,4-5,8-9,14-17H2. The first-order chi connectivity index (χ1) is 13.8. The second-order valence-electron chi connectivity index (χ2n) is 7.88. The van der Waals surface area contributed by atoms with Crippen LogP contribution in [0.25, 0.3) is 0 Å². The van der Waals surface area contributed by atoms with Gasteiger partial charge in [0.25, 0.3) is 5.91 Å². The number of piperazine rings is 1. The molecule has 4 rings (SSSR count). The number of amides is 1. The Morgan fingerprint density at radius 3 is 2.25 bits per heavy atom. The Kier molecular flexibility index (Phi) is 6.10. The van der Waals surface area contributed by atoms with Crippen LogP contribution in [0.15, 0.2) is 48.7 Å². The Balaban J connectivity index is 1.31. The number of benzene rings is 1. The van der Waals surface area contributed by atoms with E-state index in [1.54, 1.807) is 0 Å². The maximum atomic E-state index is 12.8. The molecule has 0 atom stereocenters. The van der Waals surface area contributed by atoms with Gasteiger partial charge >= 0.3 is 0 Å². The van der Waals surface area contributed by atoms with Gasteiger partial charge in [-0.25, -0.2) is 4.98 Å². The summed E-state index contributed by atoms with van der Waals surface area (Å²) >= 11 is 0. The Morgan fingerprint density at radius 2 is 1.61 bits per heavy atom. The number of rotatable bonds is 4. The molecule has 5 heteroatoms. The molecule has 2 heterocycles. The highest BCUT2D eigenvalue weighted by atomic mass is 16.2. The van der Waals surface area contributed by atoms with Crippen LogP contribution in [0.2, 0.25) is 0 Å². The molecule has 0 bridgehead atoms. The van der Waals surface area contributed by atoms with Gasteiger partial charge in [-0.3, -0.25) is 4.79 Å². The lowest BCUT2D eigenvalue weighted by Gasteiger charge is -2.36. The number of nitrogens with one attached hydrogen (secondary N) is 1. The summed E-state index contributed by atoms with van der Waals surface area (Å²) < 4.78 is 0. The van der Waals surface area contributed by atoms with Crippen molar-refractivity contribution in [1.82, 2.24) is 9.88 Å². The molecule has 1 amide bonds. The number of aromatic nitrogens is 1. The topological polar surface area (TPSA) is 48.5 Å². The Morgan fingerprint density at radius 1 is 0.893 bits per heavy atom. The summed E-state index contributed by atoms with van der Waals surface area (Å²) in [5, 5.41) is 3.60. The van der Waals surface area contributed by atoms with Crippen molar-refractivity contribution < 1.29 is 4.79 Å². The first-order valence-corrected chi connectivity index (χ1v) is 10.6. The van der Waals surface area contributed by atoms with Gasteiger partial charge in [-0.15, -0.1) is 0 Å². The average molecular weight is 379 g/mol. The summed E-state index contributed by atoms with van der Waals surface area (Å²) in [6, 6.07) is 14.8.